The van der Waals surface area contributed by atoms with E-state index in [2.05, 4.69) is 11.4 Å². The van der Waals surface area contributed by atoms with Crippen LogP contribution in [-0.2, 0) is 4.79 Å². The van der Waals surface area contributed by atoms with Crippen LogP contribution in [0.25, 0.3) is 0 Å². The van der Waals surface area contributed by atoms with Gasteiger partial charge in [0.25, 0.3) is 0 Å². The average molecular weight is 203 g/mol. The van der Waals surface area contributed by atoms with Crippen molar-refractivity contribution in [2.24, 2.45) is 5.92 Å². The first-order valence-corrected chi connectivity index (χ1v) is 4.64. The molecule has 74 valence electrons. The van der Waals surface area contributed by atoms with Crippen LogP contribution in [0.3, 0.4) is 0 Å². The van der Waals surface area contributed by atoms with Crippen LogP contribution in [0, 0.1) is 17.2 Å². The van der Waals surface area contributed by atoms with Crippen LogP contribution < -0.4 is 5.32 Å². The first kappa shape index (κ1) is 12.2. The number of halogens is 1. The number of nitriles is 1. The molecule has 1 N–H and O–H groups in total. The van der Waals surface area contributed by atoms with E-state index in [4.69, 9.17) is 16.9 Å². The summed E-state index contributed by atoms with van der Waals surface area (Å²) in [5.41, 5.74) is -0.833. The molecule has 0 fully saturated rings. The van der Waals surface area contributed by atoms with E-state index in [1.165, 1.54) is 0 Å². The summed E-state index contributed by atoms with van der Waals surface area (Å²) < 4.78 is 0. The topological polar surface area (TPSA) is 52.9 Å². The molecule has 2 atom stereocenters. The smallest absolute Gasteiger partial charge is 0.239 e. The molecule has 0 aliphatic carbocycles. The monoisotopic (exact) mass is 202 g/mol. The summed E-state index contributed by atoms with van der Waals surface area (Å²) in [5, 5.41) is 10.9. The summed E-state index contributed by atoms with van der Waals surface area (Å²) in [6, 6.07) is 2.07. The van der Waals surface area contributed by atoms with E-state index < -0.39 is 10.9 Å². The van der Waals surface area contributed by atoms with Gasteiger partial charge in [0.1, 0.15) is 10.9 Å². The Hall–Kier alpha value is -0.750. The van der Waals surface area contributed by atoms with Gasteiger partial charge in [-0.25, -0.2) is 0 Å². The van der Waals surface area contributed by atoms with Crippen LogP contribution in [-0.4, -0.2) is 16.8 Å². The van der Waals surface area contributed by atoms with Crippen LogP contribution in [0.1, 0.15) is 27.7 Å². The lowest BCUT2D eigenvalue weighted by Gasteiger charge is -2.27. The quantitative estimate of drug-likeness (QED) is 0.708. The second kappa shape index (κ2) is 4.48. The third-order valence-electron chi connectivity index (χ3n) is 2.13. The molecular formula is C9H15ClN2O. The van der Waals surface area contributed by atoms with E-state index in [-0.39, 0.29) is 11.8 Å². The van der Waals surface area contributed by atoms with Gasteiger partial charge in [-0.15, -0.1) is 11.6 Å². The van der Waals surface area contributed by atoms with Crippen LogP contribution in [0.15, 0.2) is 0 Å². The summed E-state index contributed by atoms with van der Waals surface area (Å²) in [7, 11) is 0. The molecule has 4 heteroatoms. The highest BCUT2D eigenvalue weighted by atomic mass is 35.5. The lowest BCUT2D eigenvalue weighted by Crippen LogP contribution is -2.50. The molecule has 0 aliphatic rings. The normalized spacial score (nSPS) is 17.3. The van der Waals surface area contributed by atoms with Crippen molar-refractivity contribution in [1.29, 1.82) is 5.26 Å². The second-order valence-electron chi connectivity index (χ2n) is 3.57. The minimum Gasteiger partial charge on any atom is -0.337 e. The number of alkyl halides is 1. The number of nitrogens with one attached hydrogen (secondary N) is 1. The van der Waals surface area contributed by atoms with E-state index in [1.54, 1.807) is 13.8 Å². The number of carbonyl (C=O) groups is 1. The van der Waals surface area contributed by atoms with Crippen LogP contribution in [0.4, 0.5) is 0 Å². The number of hydrogen-bond donors (Lipinski definition) is 1. The van der Waals surface area contributed by atoms with Crippen molar-refractivity contribution in [2.75, 3.05) is 0 Å². The Bertz CT molecular complexity index is 232. The van der Waals surface area contributed by atoms with E-state index in [9.17, 15) is 4.79 Å². The summed E-state index contributed by atoms with van der Waals surface area (Å²) in [4.78, 5) is 11.2. The Labute approximate surface area is 84.1 Å². The number of nitrogens with zero attached hydrogens (tertiary/aromatic N) is 1. The Balaban J connectivity index is 4.48. The molecule has 0 saturated heterocycles. The molecule has 0 heterocycles. The van der Waals surface area contributed by atoms with E-state index >= 15 is 0 Å². The minimum atomic E-state index is -0.833. The molecule has 0 radical (unpaired) electrons. The predicted molar refractivity (Wildman–Crippen MR) is 52.3 cm³/mol. The number of carbonyl (C=O) groups excluding carboxylic acids is 1. The summed E-state index contributed by atoms with van der Waals surface area (Å²) >= 11 is 5.57. The number of amides is 1. The average Bonchev–Trinajstić information content (AvgIpc) is 2.03. The molecule has 0 rings (SSSR count). The summed E-state index contributed by atoms with van der Waals surface area (Å²) in [6.45, 7) is 7.02. The number of hydrogen-bond acceptors (Lipinski definition) is 2. The van der Waals surface area contributed by atoms with Gasteiger partial charge in [-0.3, -0.25) is 4.79 Å². The molecule has 0 aromatic rings. The molecule has 0 aromatic heterocycles. The molecule has 0 bridgehead atoms. The first-order valence-electron chi connectivity index (χ1n) is 4.21. The molecule has 0 spiro atoms. The Morgan fingerprint density at radius 2 is 2.00 bits per heavy atom. The lowest BCUT2D eigenvalue weighted by molar-refractivity contribution is -0.122. The fraction of sp³-hybridized carbons (Fsp3) is 0.778. The van der Waals surface area contributed by atoms with Gasteiger partial charge < -0.3 is 5.32 Å². The summed E-state index contributed by atoms with van der Waals surface area (Å²) in [5.74, 6) is -0.253. The van der Waals surface area contributed by atoms with Gasteiger partial charge in [0, 0.05) is 0 Å². The Kier molecular flexibility index (Phi) is 4.22. The highest BCUT2D eigenvalue weighted by molar-refractivity contribution is 6.30. The van der Waals surface area contributed by atoms with Gasteiger partial charge in [-0.1, -0.05) is 13.8 Å². The standard InChI is InChI=1S/C9H15ClN2O/c1-6(2)9(4,5-11)12-8(13)7(3)10/h6-7H,1-4H3,(H,12,13)/t7-,9-/m0/s1. The molecule has 0 aromatic carbocycles. The largest absolute Gasteiger partial charge is 0.337 e. The first-order chi connectivity index (χ1) is 5.83. The van der Waals surface area contributed by atoms with Crippen LogP contribution in [0.5, 0.6) is 0 Å². The zero-order valence-electron chi connectivity index (χ0n) is 8.39. The van der Waals surface area contributed by atoms with Crippen LogP contribution in [0.2, 0.25) is 0 Å². The van der Waals surface area contributed by atoms with E-state index in [0.29, 0.717) is 0 Å². The molecular weight excluding hydrogens is 188 g/mol. The van der Waals surface area contributed by atoms with Gasteiger partial charge in [0.2, 0.25) is 5.91 Å². The number of rotatable bonds is 3. The summed E-state index contributed by atoms with van der Waals surface area (Å²) in [6.07, 6.45) is 0. The molecule has 0 aliphatic heterocycles. The van der Waals surface area contributed by atoms with Crippen molar-refractivity contribution >= 4 is 17.5 Å². The lowest BCUT2D eigenvalue weighted by atomic mass is 9.90. The van der Waals surface area contributed by atoms with E-state index in [0.717, 1.165) is 0 Å². The fourth-order valence-corrected chi connectivity index (χ4v) is 0.711. The van der Waals surface area contributed by atoms with Crippen molar-refractivity contribution < 1.29 is 4.79 Å². The van der Waals surface area contributed by atoms with Gasteiger partial charge in [0.05, 0.1) is 6.07 Å². The highest BCUT2D eigenvalue weighted by Gasteiger charge is 2.30. The molecule has 13 heavy (non-hydrogen) atoms. The highest BCUT2D eigenvalue weighted by Crippen LogP contribution is 2.15. The van der Waals surface area contributed by atoms with Crippen molar-refractivity contribution in [3.63, 3.8) is 0 Å². The van der Waals surface area contributed by atoms with Crippen LogP contribution >= 0.6 is 11.6 Å². The predicted octanol–water partition coefficient (Wildman–Crippen LogP) is 1.67. The van der Waals surface area contributed by atoms with E-state index in [1.807, 2.05) is 13.8 Å². The fourth-order valence-electron chi connectivity index (χ4n) is 0.657. The van der Waals surface area contributed by atoms with Gasteiger partial charge in [-0.2, -0.15) is 5.26 Å². The van der Waals surface area contributed by atoms with Crippen molar-refractivity contribution in [2.45, 2.75) is 38.6 Å². The van der Waals surface area contributed by atoms with Crippen molar-refractivity contribution in [1.82, 2.24) is 5.32 Å². The van der Waals surface area contributed by atoms with Crippen molar-refractivity contribution in [3.8, 4) is 6.07 Å². The third kappa shape index (κ3) is 3.23. The third-order valence-corrected chi connectivity index (χ3v) is 2.33. The SMILES string of the molecule is CC(C)[C@](C)(C#N)NC(=O)[C@H](C)Cl. The Morgan fingerprint density at radius 1 is 1.54 bits per heavy atom. The maximum atomic E-state index is 11.2. The molecule has 3 nitrogen and oxygen atoms in total. The van der Waals surface area contributed by atoms with Gasteiger partial charge in [-0.05, 0) is 19.8 Å². The second-order valence-corrected chi connectivity index (χ2v) is 4.23. The zero-order chi connectivity index (χ0) is 10.6. The minimum absolute atomic E-state index is 0.0527. The molecule has 1 amide bonds. The molecule has 0 saturated carbocycles. The maximum absolute atomic E-state index is 11.2. The van der Waals surface area contributed by atoms with Gasteiger partial charge >= 0.3 is 0 Å². The zero-order valence-corrected chi connectivity index (χ0v) is 9.14. The maximum Gasteiger partial charge on any atom is 0.239 e. The Morgan fingerprint density at radius 3 is 2.23 bits per heavy atom. The van der Waals surface area contributed by atoms with Gasteiger partial charge in [0.15, 0.2) is 0 Å². The molecule has 0 unspecified atom stereocenters. The van der Waals surface area contributed by atoms with Crippen molar-refractivity contribution in [3.05, 3.63) is 0 Å².